The Balaban J connectivity index is 1.59. The molecular formula is C16H20ClF3N4O3. The first-order chi connectivity index (χ1) is 12.6. The van der Waals surface area contributed by atoms with Crippen molar-refractivity contribution < 1.29 is 22.7 Å². The number of halogens is 4. The molecule has 7 nitrogen and oxygen atoms in total. The fraction of sp³-hybridized carbons (Fsp3) is 0.688. The second-order valence-electron chi connectivity index (χ2n) is 7.19. The van der Waals surface area contributed by atoms with Crippen LogP contribution < -0.4 is 15.8 Å². The molecule has 1 saturated heterocycles. The number of rotatable bonds is 3. The van der Waals surface area contributed by atoms with E-state index < -0.39 is 35.4 Å². The Morgan fingerprint density at radius 1 is 1.48 bits per heavy atom. The molecule has 11 heteroatoms. The van der Waals surface area contributed by atoms with Crippen LogP contribution in [0.15, 0.2) is 11.0 Å². The van der Waals surface area contributed by atoms with Crippen molar-refractivity contribution in [1.29, 1.82) is 0 Å². The van der Waals surface area contributed by atoms with E-state index in [2.05, 4.69) is 15.5 Å². The molecule has 2 fully saturated rings. The first kappa shape index (κ1) is 19.8. The minimum Gasteiger partial charge on any atom is -0.444 e. The van der Waals surface area contributed by atoms with E-state index in [9.17, 15) is 22.8 Å². The monoisotopic (exact) mass is 408 g/mol. The molecule has 1 amide bonds. The highest BCUT2D eigenvalue weighted by molar-refractivity contribution is 6.33. The van der Waals surface area contributed by atoms with E-state index in [0.717, 1.165) is 0 Å². The Bertz CT molecular complexity index is 772. The third-order valence-corrected chi connectivity index (χ3v) is 5.64. The zero-order valence-corrected chi connectivity index (χ0v) is 15.4. The topological polar surface area (TPSA) is 87.3 Å². The van der Waals surface area contributed by atoms with E-state index in [-0.39, 0.29) is 24.4 Å². The number of nitrogens with zero attached hydrogens (tertiary/aromatic N) is 2. The highest BCUT2D eigenvalue weighted by atomic mass is 35.5. The van der Waals surface area contributed by atoms with Crippen LogP contribution in [0, 0.1) is 5.92 Å². The summed E-state index contributed by atoms with van der Waals surface area (Å²) in [5.74, 6) is -1.58. The van der Waals surface area contributed by atoms with Gasteiger partial charge in [0.25, 0.3) is 5.56 Å². The Morgan fingerprint density at radius 3 is 2.93 bits per heavy atom. The lowest BCUT2D eigenvalue weighted by Gasteiger charge is -2.33. The molecule has 0 radical (unpaired) electrons. The summed E-state index contributed by atoms with van der Waals surface area (Å²) < 4.78 is 44.8. The van der Waals surface area contributed by atoms with Gasteiger partial charge in [0.15, 0.2) is 0 Å². The van der Waals surface area contributed by atoms with E-state index in [1.807, 2.05) is 0 Å². The molecule has 0 aromatic carbocycles. The van der Waals surface area contributed by atoms with Gasteiger partial charge in [-0.2, -0.15) is 18.3 Å². The van der Waals surface area contributed by atoms with E-state index in [4.69, 9.17) is 16.3 Å². The van der Waals surface area contributed by atoms with Gasteiger partial charge < -0.3 is 15.0 Å². The normalized spacial score (nSPS) is 28.4. The molecule has 3 atom stereocenters. The predicted octanol–water partition coefficient (Wildman–Crippen LogP) is 2.85. The third kappa shape index (κ3) is 4.15. The number of amides is 1. The van der Waals surface area contributed by atoms with Crippen LogP contribution in [0.4, 0.5) is 23.7 Å². The number of aromatic amines is 1. The number of hydrogen-bond acceptors (Lipinski definition) is 5. The molecule has 1 aromatic heterocycles. The smallest absolute Gasteiger partial charge is 0.407 e. The molecular weight excluding hydrogens is 389 g/mol. The van der Waals surface area contributed by atoms with Crippen molar-refractivity contribution in [2.45, 2.75) is 50.4 Å². The van der Waals surface area contributed by atoms with Gasteiger partial charge >= 0.3 is 12.3 Å². The molecule has 0 bridgehead atoms. The van der Waals surface area contributed by atoms with Crippen molar-refractivity contribution in [2.75, 3.05) is 18.0 Å². The van der Waals surface area contributed by atoms with Crippen LogP contribution in [-0.4, -0.2) is 47.2 Å². The summed E-state index contributed by atoms with van der Waals surface area (Å²) >= 11 is 5.97. The van der Waals surface area contributed by atoms with Crippen LogP contribution >= 0.6 is 11.6 Å². The van der Waals surface area contributed by atoms with Crippen LogP contribution in [0.1, 0.15) is 32.6 Å². The highest BCUT2D eigenvalue weighted by Gasteiger charge is 2.54. The standard InChI is InChI=1S/C16H20ClF3N4O3/c1-15(5-2-3-11(15)16(18,19)20)22-14(26)27-9-4-6-24(8-9)10-7-21-23-13(25)12(10)17/h7,9,11H,2-6,8H2,1H3,(H,22,26)(H,23,25)/t9-,11-,15+/m1/s1. The number of alkyl carbamates (subject to hydrolysis) is 1. The van der Waals surface area contributed by atoms with Crippen molar-refractivity contribution in [3.05, 3.63) is 21.6 Å². The third-order valence-electron chi connectivity index (χ3n) is 5.28. The minimum absolute atomic E-state index is 0.00839. The fourth-order valence-electron chi connectivity index (χ4n) is 3.89. The zero-order valence-electron chi connectivity index (χ0n) is 14.6. The lowest BCUT2D eigenvalue weighted by atomic mass is 9.88. The van der Waals surface area contributed by atoms with Crippen LogP contribution in [0.3, 0.4) is 0 Å². The maximum Gasteiger partial charge on any atom is 0.407 e. The molecule has 27 heavy (non-hydrogen) atoms. The summed E-state index contributed by atoms with van der Waals surface area (Å²) in [4.78, 5) is 25.5. The van der Waals surface area contributed by atoms with E-state index in [1.54, 1.807) is 4.90 Å². The maximum absolute atomic E-state index is 13.2. The summed E-state index contributed by atoms with van der Waals surface area (Å²) in [5.41, 5.74) is -1.47. The SMILES string of the molecule is C[C@]1(NC(=O)O[C@@H]2CCN(c3cn[nH]c(=O)c3Cl)C2)CCC[C@H]1C(F)(F)F. The molecule has 2 aliphatic rings. The second-order valence-corrected chi connectivity index (χ2v) is 7.57. The number of nitrogens with one attached hydrogen (secondary N) is 2. The number of hydrogen-bond donors (Lipinski definition) is 2. The molecule has 1 aromatic rings. The Kier molecular flexibility index (Phi) is 5.29. The highest BCUT2D eigenvalue weighted by Crippen LogP contribution is 2.45. The van der Waals surface area contributed by atoms with Gasteiger partial charge in [-0.1, -0.05) is 18.0 Å². The van der Waals surface area contributed by atoms with Gasteiger partial charge in [-0.3, -0.25) is 4.79 Å². The first-order valence-corrected chi connectivity index (χ1v) is 9.01. The fourth-order valence-corrected chi connectivity index (χ4v) is 4.10. The van der Waals surface area contributed by atoms with Crippen LogP contribution in [0.5, 0.6) is 0 Å². The molecule has 2 heterocycles. The lowest BCUT2D eigenvalue weighted by Crippen LogP contribution is -2.53. The number of alkyl halides is 3. The van der Waals surface area contributed by atoms with Gasteiger partial charge in [0.1, 0.15) is 11.1 Å². The van der Waals surface area contributed by atoms with Crippen LogP contribution in [-0.2, 0) is 4.74 Å². The van der Waals surface area contributed by atoms with Crippen molar-refractivity contribution in [1.82, 2.24) is 15.5 Å². The summed E-state index contributed by atoms with van der Waals surface area (Å²) in [6.07, 6.45) is -3.25. The molecule has 2 N–H and O–H groups in total. The van der Waals surface area contributed by atoms with E-state index in [0.29, 0.717) is 25.1 Å². The summed E-state index contributed by atoms with van der Waals surface area (Å²) in [6.45, 7) is 2.16. The van der Waals surface area contributed by atoms with Gasteiger partial charge in [0.05, 0.1) is 29.9 Å². The summed E-state index contributed by atoms with van der Waals surface area (Å²) in [5, 5.41) is 8.32. The van der Waals surface area contributed by atoms with Gasteiger partial charge in [0.2, 0.25) is 0 Å². The van der Waals surface area contributed by atoms with E-state index in [1.165, 1.54) is 13.1 Å². The van der Waals surface area contributed by atoms with Crippen LogP contribution in [0.2, 0.25) is 5.02 Å². The number of H-pyrrole nitrogens is 1. The minimum atomic E-state index is -4.37. The van der Waals surface area contributed by atoms with Crippen molar-refractivity contribution in [3.8, 4) is 0 Å². The quantitative estimate of drug-likeness (QED) is 0.803. The largest absolute Gasteiger partial charge is 0.444 e. The van der Waals surface area contributed by atoms with Crippen molar-refractivity contribution in [2.24, 2.45) is 5.92 Å². The Hall–Kier alpha value is -1.97. The number of carbonyl (C=O) groups excluding carboxylic acids is 1. The molecule has 1 aliphatic carbocycles. The Labute approximate surface area is 158 Å². The molecule has 1 saturated carbocycles. The molecule has 0 spiro atoms. The second kappa shape index (κ2) is 7.21. The number of ether oxygens (including phenoxy) is 1. The molecule has 1 aliphatic heterocycles. The van der Waals surface area contributed by atoms with Crippen molar-refractivity contribution in [3.63, 3.8) is 0 Å². The number of carbonyl (C=O) groups is 1. The average molecular weight is 409 g/mol. The maximum atomic E-state index is 13.2. The van der Waals surface area contributed by atoms with Crippen LogP contribution in [0.25, 0.3) is 0 Å². The zero-order chi connectivity index (χ0) is 19.8. The summed E-state index contributed by atoms with van der Waals surface area (Å²) in [7, 11) is 0. The molecule has 3 rings (SSSR count). The molecule has 150 valence electrons. The number of aromatic nitrogens is 2. The molecule has 0 unspecified atom stereocenters. The van der Waals surface area contributed by atoms with Crippen molar-refractivity contribution >= 4 is 23.4 Å². The van der Waals surface area contributed by atoms with E-state index >= 15 is 0 Å². The lowest BCUT2D eigenvalue weighted by molar-refractivity contribution is -0.187. The van der Waals surface area contributed by atoms with Gasteiger partial charge in [0, 0.05) is 13.0 Å². The average Bonchev–Trinajstić information content (AvgIpc) is 3.16. The first-order valence-electron chi connectivity index (χ1n) is 8.64. The van der Waals surface area contributed by atoms with Gasteiger partial charge in [-0.25, -0.2) is 9.89 Å². The number of anilines is 1. The summed E-state index contributed by atoms with van der Waals surface area (Å²) in [6, 6.07) is 0. The predicted molar refractivity (Wildman–Crippen MR) is 91.9 cm³/mol. The van der Waals surface area contributed by atoms with Gasteiger partial charge in [-0.05, 0) is 19.8 Å². The Morgan fingerprint density at radius 2 is 2.22 bits per heavy atom. The van der Waals surface area contributed by atoms with Gasteiger partial charge in [-0.15, -0.1) is 0 Å².